The summed E-state index contributed by atoms with van der Waals surface area (Å²) in [6.07, 6.45) is 5.61. The fraction of sp³-hybridized carbons (Fsp3) is 0.556. The number of hydrogen-bond donors (Lipinski definition) is 1. The third-order valence-electron chi connectivity index (χ3n) is 4.40. The number of nitrogens with one attached hydrogen (secondary N) is 1. The number of ether oxygens (including phenoxy) is 1. The summed E-state index contributed by atoms with van der Waals surface area (Å²) in [7, 11) is 0. The zero-order chi connectivity index (χ0) is 16.1. The van der Waals surface area contributed by atoms with Crippen molar-refractivity contribution in [1.82, 2.24) is 15.5 Å². The van der Waals surface area contributed by atoms with Crippen LogP contribution in [0.1, 0.15) is 50.0 Å². The standard InChI is InChI=1S/C18H25N3O2/c1-3-17-20-21-18(23-17)12-19-14-9-5-7-11-16(14)22-15-10-6-4-8-13(15)2/h4,6,8,10,14,16,19H,3,5,7,9,11-12H2,1-2H3/t14-,16+/m0/s1. The first-order valence-electron chi connectivity index (χ1n) is 8.53. The van der Waals surface area contributed by atoms with Crippen molar-refractivity contribution >= 4 is 0 Å². The van der Waals surface area contributed by atoms with E-state index in [4.69, 9.17) is 9.15 Å². The highest BCUT2D eigenvalue weighted by molar-refractivity contribution is 5.32. The van der Waals surface area contributed by atoms with Crippen molar-refractivity contribution in [1.29, 1.82) is 0 Å². The molecule has 5 heteroatoms. The van der Waals surface area contributed by atoms with Crippen molar-refractivity contribution in [2.24, 2.45) is 0 Å². The van der Waals surface area contributed by atoms with Crippen LogP contribution in [0.3, 0.4) is 0 Å². The van der Waals surface area contributed by atoms with Gasteiger partial charge in [-0.1, -0.05) is 31.5 Å². The Morgan fingerprint density at radius 1 is 1.17 bits per heavy atom. The number of para-hydroxylation sites is 1. The predicted octanol–water partition coefficient (Wildman–Crippen LogP) is 3.42. The molecule has 5 nitrogen and oxygen atoms in total. The molecule has 1 aliphatic carbocycles. The molecule has 23 heavy (non-hydrogen) atoms. The number of benzene rings is 1. The summed E-state index contributed by atoms with van der Waals surface area (Å²) < 4.78 is 11.9. The molecule has 1 saturated carbocycles. The van der Waals surface area contributed by atoms with Gasteiger partial charge in [0, 0.05) is 12.5 Å². The maximum absolute atomic E-state index is 6.28. The van der Waals surface area contributed by atoms with Crippen molar-refractivity contribution in [3.63, 3.8) is 0 Å². The minimum absolute atomic E-state index is 0.193. The van der Waals surface area contributed by atoms with E-state index < -0.39 is 0 Å². The Labute approximate surface area is 137 Å². The van der Waals surface area contributed by atoms with E-state index in [1.165, 1.54) is 18.4 Å². The van der Waals surface area contributed by atoms with Gasteiger partial charge in [0.2, 0.25) is 11.8 Å². The molecule has 2 atom stereocenters. The van der Waals surface area contributed by atoms with E-state index >= 15 is 0 Å². The number of hydrogen-bond acceptors (Lipinski definition) is 5. The van der Waals surface area contributed by atoms with Crippen LogP contribution in [0.25, 0.3) is 0 Å². The van der Waals surface area contributed by atoms with Gasteiger partial charge in [0.1, 0.15) is 11.9 Å². The lowest BCUT2D eigenvalue weighted by molar-refractivity contribution is 0.111. The Morgan fingerprint density at radius 2 is 1.96 bits per heavy atom. The van der Waals surface area contributed by atoms with Crippen LogP contribution in [-0.2, 0) is 13.0 Å². The van der Waals surface area contributed by atoms with Gasteiger partial charge >= 0.3 is 0 Å². The molecule has 0 saturated heterocycles. The van der Waals surface area contributed by atoms with Crippen molar-refractivity contribution in [3.8, 4) is 5.75 Å². The van der Waals surface area contributed by atoms with Gasteiger partial charge in [-0.05, 0) is 37.8 Å². The highest BCUT2D eigenvalue weighted by atomic mass is 16.5. The highest BCUT2D eigenvalue weighted by Gasteiger charge is 2.27. The van der Waals surface area contributed by atoms with Crippen LogP contribution in [0.5, 0.6) is 5.75 Å². The van der Waals surface area contributed by atoms with Crippen molar-refractivity contribution < 1.29 is 9.15 Å². The molecule has 1 fully saturated rings. The molecule has 1 aromatic carbocycles. The van der Waals surface area contributed by atoms with E-state index in [1.807, 2.05) is 25.1 Å². The van der Waals surface area contributed by atoms with Crippen LogP contribution in [-0.4, -0.2) is 22.3 Å². The summed E-state index contributed by atoms with van der Waals surface area (Å²) in [5.41, 5.74) is 1.18. The second-order valence-electron chi connectivity index (χ2n) is 6.14. The molecule has 1 heterocycles. The molecule has 1 aliphatic rings. The predicted molar refractivity (Wildman–Crippen MR) is 88.4 cm³/mol. The van der Waals surface area contributed by atoms with Gasteiger partial charge in [0.15, 0.2) is 0 Å². The molecule has 1 aromatic heterocycles. The maximum atomic E-state index is 6.28. The molecule has 3 rings (SSSR count). The lowest BCUT2D eigenvalue weighted by Crippen LogP contribution is -2.45. The molecular weight excluding hydrogens is 290 g/mol. The van der Waals surface area contributed by atoms with E-state index in [1.54, 1.807) is 0 Å². The minimum Gasteiger partial charge on any atom is -0.489 e. The van der Waals surface area contributed by atoms with Crippen molar-refractivity contribution in [2.75, 3.05) is 0 Å². The van der Waals surface area contributed by atoms with E-state index in [2.05, 4.69) is 28.5 Å². The topological polar surface area (TPSA) is 60.2 Å². The molecule has 0 amide bonds. The van der Waals surface area contributed by atoms with Crippen molar-refractivity contribution in [3.05, 3.63) is 41.6 Å². The number of rotatable bonds is 6. The summed E-state index contributed by atoms with van der Waals surface area (Å²) in [6, 6.07) is 8.52. The quantitative estimate of drug-likeness (QED) is 0.885. The number of aromatic nitrogens is 2. The Kier molecular flexibility index (Phi) is 5.28. The molecule has 0 bridgehead atoms. The van der Waals surface area contributed by atoms with E-state index in [9.17, 15) is 0 Å². The van der Waals surface area contributed by atoms with E-state index in [-0.39, 0.29) is 6.10 Å². The third-order valence-corrected chi connectivity index (χ3v) is 4.40. The Hall–Kier alpha value is -1.88. The summed E-state index contributed by atoms with van der Waals surface area (Å²) in [6.45, 7) is 4.70. The van der Waals surface area contributed by atoms with Gasteiger partial charge < -0.3 is 14.5 Å². The van der Waals surface area contributed by atoms with Gasteiger partial charge in [-0.25, -0.2) is 0 Å². The van der Waals surface area contributed by atoms with Crippen LogP contribution in [0, 0.1) is 6.92 Å². The van der Waals surface area contributed by atoms with Crippen LogP contribution in [0.15, 0.2) is 28.7 Å². The lowest BCUT2D eigenvalue weighted by Gasteiger charge is -2.32. The van der Waals surface area contributed by atoms with Gasteiger partial charge in [0.25, 0.3) is 0 Å². The highest BCUT2D eigenvalue weighted by Crippen LogP contribution is 2.26. The second kappa shape index (κ2) is 7.59. The summed E-state index contributed by atoms with van der Waals surface area (Å²) in [5.74, 6) is 2.33. The first-order chi connectivity index (χ1) is 11.3. The molecule has 2 aromatic rings. The van der Waals surface area contributed by atoms with Crippen LogP contribution in [0.2, 0.25) is 0 Å². The van der Waals surface area contributed by atoms with E-state index in [0.29, 0.717) is 24.4 Å². The lowest BCUT2D eigenvalue weighted by atomic mass is 9.92. The number of nitrogens with zero attached hydrogens (tertiary/aromatic N) is 2. The third kappa shape index (κ3) is 4.10. The fourth-order valence-electron chi connectivity index (χ4n) is 3.04. The van der Waals surface area contributed by atoms with Gasteiger partial charge in [-0.3, -0.25) is 0 Å². The minimum atomic E-state index is 0.193. The smallest absolute Gasteiger partial charge is 0.230 e. The average molecular weight is 315 g/mol. The molecule has 0 radical (unpaired) electrons. The van der Waals surface area contributed by atoms with Gasteiger partial charge in [0.05, 0.1) is 6.54 Å². The van der Waals surface area contributed by atoms with E-state index in [0.717, 1.165) is 25.0 Å². The normalized spacial score (nSPS) is 21.3. The molecule has 124 valence electrons. The van der Waals surface area contributed by atoms with Gasteiger partial charge in [-0.15, -0.1) is 10.2 Å². The Morgan fingerprint density at radius 3 is 2.74 bits per heavy atom. The Balaban J connectivity index is 1.61. The van der Waals surface area contributed by atoms with Crippen molar-refractivity contribution in [2.45, 2.75) is 64.6 Å². The van der Waals surface area contributed by atoms with Crippen LogP contribution >= 0.6 is 0 Å². The first kappa shape index (κ1) is 16.0. The van der Waals surface area contributed by atoms with Crippen LogP contribution in [0.4, 0.5) is 0 Å². The zero-order valence-electron chi connectivity index (χ0n) is 13.9. The molecular formula is C18H25N3O2. The fourth-order valence-corrected chi connectivity index (χ4v) is 3.04. The average Bonchev–Trinajstić information content (AvgIpc) is 3.04. The SMILES string of the molecule is CCc1nnc(CN[C@H]2CCCC[C@H]2Oc2ccccc2C)o1. The summed E-state index contributed by atoms with van der Waals surface area (Å²) in [5, 5.41) is 11.6. The molecule has 0 spiro atoms. The first-order valence-corrected chi connectivity index (χ1v) is 8.53. The maximum Gasteiger partial charge on any atom is 0.230 e. The van der Waals surface area contributed by atoms with Gasteiger partial charge in [-0.2, -0.15) is 0 Å². The Bertz CT molecular complexity index is 626. The summed E-state index contributed by atoms with van der Waals surface area (Å²) in [4.78, 5) is 0. The number of aryl methyl sites for hydroxylation is 2. The van der Waals surface area contributed by atoms with Crippen LogP contribution < -0.4 is 10.1 Å². The summed E-state index contributed by atoms with van der Waals surface area (Å²) >= 11 is 0. The monoisotopic (exact) mass is 315 g/mol. The second-order valence-corrected chi connectivity index (χ2v) is 6.14. The largest absolute Gasteiger partial charge is 0.489 e. The molecule has 0 aliphatic heterocycles. The molecule has 1 N–H and O–H groups in total. The zero-order valence-corrected chi connectivity index (χ0v) is 13.9. The molecule has 0 unspecified atom stereocenters.